The Morgan fingerprint density at radius 1 is 0.700 bits per heavy atom. The zero-order chi connectivity index (χ0) is 27.3. The lowest BCUT2D eigenvalue weighted by Gasteiger charge is -2.37. The summed E-state index contributed by atoms with van der Waals surface area (Å²) in [5.74, 6) is -0.00841. The molecule has 4 heterocycles. The van der Waals surface area contributed by atoms with Gasteiger partial charge in [-0.05, 0) is 49.2 Å². The van der Waals surface area contributed by atoms with Gasteiger partial charge < -0.3 is 34.3 Å². The molecule has 40 heavy (non-hydrogen) atoms. The Kier molecular flexibility index (Phi) is 7.97. The van der Waals surface area contributed by atoms with Crippen molar-refractivity contribution >= 4 is 28.7 Å². The zero-order valence-electron chi connectivity index (χ0n) is 22.8. The molecule has 0 radical (unpaired) electrons. The number of benzene rings is 2. The lowest BCUT2D eigenvalue weighted by Crippen LogP contribution is -2.45. The van der Waals surface area contributed by atoms with Crippen LogP contribution in [0.15, 0.2) is 77.2 Å². The van der Waals surface area contributed by atoms with Crippen molar-refractivity contribution in [1.29, 1.82) is 0 Å². The minimum atomic E-state index is -0.00841. The molecular formula is C30H36N6O4. The fourth-order valence-corrected chi connectivity index (χ4v) is 5.65. The van der Waals surface area contributed by atoms with E-state index < -0.39 is 0 Å². The van der Waals surface area contributed by atoms with Gasteiger partial charge in [0.1, 0.15) is 5.69 Å². The number of carbonyl (C=O) groups is 1. The molecule has 2 aromatic carbocycles. The first-order valence-corrected chi connectivity index (χ1v) is 14.2. The number of amides is 1. The predicted octanol–water partition coefficient (Wildman–Crippen LogP) is 3.99. The molecule has 0 aliphatic carbocycles. The second-order valence-corrected chi connectivity index (χ2v) is 10.3. The van der Waals surface area contributed by atoms with Crippen LogP contribution >= 0.6 is 0 Å². The number of azo groups is 1. The molecular weight excluding hydrogens is 508 g/mol. The molecule has 2 aromatic rings. The Morgan fingerprint density at radius 2 is 1.32 bits per heavy atom. The van der Waals surface area contributed by atoms with Crippen LogP contribution in [0.1, 0.15) is 12.8 Å². The average Bonchev–Trinajstić information content (AvgIpc) is 3.02. The summed E-state index contributed by atoms with van der Waals surface area (Å²) in [6.45, 7) is 8.63. The summed E-state index contributed by atoms with van der Waals surface area (Å²) in [7, 11) is 0. The summed E-state index contributed by atoms with van der Waals surface area (Å²) in [6.07, 6.45) is 6.17. The average molecular weight is 545 g/mol. The molecule has 2 saturated heterocycles. The molecule has 0 bridgehead atoms. The molecule has 0 spiro atoms. The number of hydrogen-bond donors (Lipinski definition) is 0. The van der Waals surface area contributed by atoms with Gasteiger partial charge in [-0.25, -0.2) is 0 Å². The molecule has 10 nitrogen and oxygen atoms in total. The molecule has 0 aromatic heterocycles. The summed E-state index contributed by atoms with van der Waals surface area (Å²) in [5, 5.41) is 17.1. The number of nitrogens with zero attached hydrogens (tertiary/aromatic N) is 6. The predicted molar refractivity (Wildman–Crippen MR) is 153 cm³/mol. The largest absolute Gasteiger partial charge is 0.594 e. The van der Waals surface area contributed by atoms with Crippen LogP contribution in [0.2, 0.25) is 0 Å². The van der Waals surface area contributed by atoms with Crippen LogP contribution in [-0.4, -0.2) is 92.8 Å². The van der Waals surface area contributed by atoms with Gasteiger partial charge in [-0.3, -0.25) is 4.79 Å². The standard InChI is InChI=1S/C30H36N6O4/c37-30-29(33-17-21-40-22-18-33)4-2-14-35(30)26-9-11-27(12-10-26)36(38)31-24-5-7-25(8-6-24)34-13-1-3-28(23-34)32-15-19-39-20-16-32/h3-12H,1-2,13-23H2. The summed E-state index contributed by atoms with van der Waals surface area (Å²) in [6, 6.07) is 14.9. The molecule has 6 rings (SSSR count). The highest BCUT2D eigenvalue weighted by Crippen LogP contribution is 2.28. The number of morpholine rings is 2. The van der Waals surface area contributed by atoms with Gasteiger partial charge in [0.25, 0.3) is 5.91 Å². The van der Waals surface area contributed by atoms with Crippen molar-refractivity contribution in [2.24, 2.45) is 5.11 Å². The lowest BCUT2D eigenvalue weighted by molar-refractivity contribution is -0.435. The van der Waals surface area contributed by atoms with E-state index in [1.807, 2.05) is 42.5 Å². The van der Waals surface area contributed by atoms with Gasteiger partial charge in [-0.2, -0.15) is 0 Å². The zero-order valence-corrected chi connectivity index (χ0v) is 22.8. The van der Waals surface area contributed by atoms with Crippen molar-refractivity contribution in [3.63, 3.8) is 0 Å². The first kappa shape index (κ1) is 26.3. The van der Waals surface area contributed by atoms with Crippen molar-refractivity contribution < 1.29 is 19.1 Å². The highest BCUT2D eigenvalue weighted by molar-refractivity contribution is 6.06. The topological polar surface area (TPSA) is 86.9 Å². The normalized spacial score (nSPS) is 20.9. The quantitative estimate of drug-likeness (QED) is 0.309. The van der Waals surface area contributed by atoms with E-state index in [1.54, 1.807) is 17.0 Å². The van der Waals surface area contributed by atoms with E-state index in [0.717, 1.165) is 82.4 Å². The highest BCUT2D eigenvalue weighted by atomic mass is 16.5. The second-order valence-electron chi connectivity index (χ2n) is 10.3. The van der Waals surface area contributed by atoms with Crippen molar-refractivity contribution in [2.75, 3.05) is 82.0 Å². The molecule has 0 unspecified atom stereocenters. The molecule has 4 aliphatic heterocycles. The number of anilines is 2. The van der Waals surface area contributed by atoms with Crippen molar-refractivity contribution in [2.45, 2.75) is 12.8 Å². The van der Waals surface area contributed by atoms with E-state index in [0.29, 0.717) is 36.0 Å². The van der Waals surface area contributed by atoms with Gasteiger partial charge in [0.05, 0.1) is 38.7 Å². The van der Waals surface area contributed by atoms with Gasteiger partial charge in [-0.1, -0.05) is 17.0 Å². The fourth-order valence-electron chi connectivity index (χ4n) is 5.65. The highest BCUT2D eigenvalue weighted by Gasteiger charge is 2.28. The maximum atomic E-state index is 13.2. The number of ether oxygens (including phenoxy) is 2. The van der Waals surface area contributed by atoms with Crippen LogP contribution in [-0.2, 0) is 14.3 Å². The van der Waals surface area contributed by atoms with Crippen molar-refractivity contribution in [1.82, 2.24) is 9.80 Å². The summed E-state index contributed by atoms with van der Waals surface area (Å²) >= 11 is 0. The van der Waals surface area contributed by atoms with Crippen molar-refractivity contribution in [3.05, 3.63) is 77.3 Å². The third-order valence-electron chi connectivity index (χ3n) is 7.86. The first-order chi connectivity index (χ1) is 19.7. The summed E-state index contributed by atoms with van der Waals surface area (Å²) < 4.78 is 10.9. The van der Waals surface area contributed by atoms with Gasteiger partial charge in [0.2, 0.25) is 5.69 Å². The maximum Gasteiger partial charge on any atom is 0.274 e. The summed E-state index contributed by atoms with van der Waals surface area (Å²) in [4.78, 5) is 22.5. The molecule has 0 atom stereocenters. The van der Waals surface area contributed by atoms with E-state index in [4.69, 9.17) is 9.47 Å². The van der Waals surface area contributed by atoms with Crippen LogP contribution in [0.25, 0.3) is 0 Å². The van der Waals surface area contributed by atoms with E-state index in [1.165, 1.54) is 5.70 Å². The van der Waals surface area contributed by atoms with E-state index in [-0.39, 0.29) is 5.91 Å². The minimum Gasteiger partial charge on any atom is -0.594 e. The van der Waals surface area contributed by atoms with E-state index in [9.17, 15) is 10.0 Å². The van der Waals surface area contributed by atoms with E-state index in [2.05, 4.69) is 25.9 Å². The smallest absolute Gasteiger partial charge is 0.274 e. The molecule has 2 fully saturated rings. The third-order valence-corrected chi connectivity index (χ3v) is 7.86. The first-order valence-electron chi connectivity index (χ1n) is 14.2. The maximum absolute atomic E-state index is 13.2. The van der Waals surface area contributed by atoms with Gasteiger partial charge in [-0.15, -0.1) is 0 Å². The van der Waals surface area contributed by atoms with Crippen LogP contribution in [0.4, 0.5) is 22.7 Å². The summed E-state index contributed by atoms with van der Waals surface area (Å²) in [5.41, 5.74) is 5.00. The molecule has 1 amide bonds. The monoisotopic (exact) mass is 544 g/mol. The van der Waals surface area contributed by atoms with Gasteiger partial charge in [0, 0.05) is 73.6 Å². The number of rotatable bonds is 6. The molecule has 210 valence electrons. The molecule has 0 saturated carbocycles. The minimum absolute atomic E-state index is 0.00841. The van der Waals surface area contributed by atoms with Gasteiger partial charge in [0.15, 0.2) is 0 Å². The Bertz CT molecular complexity index is 1280. The number of hydrogen-bond acceptors (Lipinski definition) is 8. The van der Waals surface area contributed by atoms with E-state index >= 15 is 0 Å². The Morgan fingerprint density at radius 3 is 2.02 bits per heavy atom. The van der Waals surface area contributed by atoms with Crippen molar-refractivity contribution in [3.8, 4) is 0 Å². The lowest BCUT2D eigenvalue weighted by atomic mass is 10.1. The second kappa shape index (κ2) is 12.1. The van der Waals surface area contributed by atoms with Gasteiger partial charge >= 0.3 is 0 Å². The third kappa shape index (κ3) is 5.83. The van der Waals surface area contributed by atoms with Crippen LogP contribution < -0.4 is 9.80 Å². The fraction of sp³-hybridized carbons (Fsp3) is 0.433. The van der Waals surface area contributed by atoms with Crippen LogP contribution in [0.5, 0.6) is 0 Å². The Labute approximate surface area is 234 Å². The molecule has 4 aliphatic rings. The SMILES string of the molecule is O=C1C(N2CCOCC2)=CCCN1c1ccc([N+]([O-])=Nc2ccc(N3CCC=C(N4CCOCC4)C3)cc2)cc1. The molecule has 10 heteroatoms. The Balaban J connectivity index is 1.09. The number of carbonyl (C=O) groups excluding carboxylic acids is 1. The Hall–Kier alpha value is -3.89. The molecule has 0 N–H and O–H groups in total. The van der Waals surface area contributed by atoms with Crippen LogP contribution in [0, 0.1) is 5.21 Å². The van der Waals surface area contributed by atoms with Crippen LogP contribution in [0.3, 0.4) is 0 Å².